The van der Waals surface area contributed by atoms with Crippen molar-refractivity contribution in [2.24, 2.45) is 0 Å². The highest BCUT2D eigenvalue weighted by Gasteiger charge is 2.07. The first-order chi connectivity index (χ1) is 10.2. The van der Waals surface area contributed by atoms with Gasteiger partial charge in [0.05, 0.1) is 4.53 Å². The number of ether oxygens (including phenoxy) is 1. The third kappa shape index (κ3) is 2.74. The zero-order chi connectivity index (χ0) is 14.8. The Hall–Kier alpha value is -1.99. The van der Waals surface area contributed by atoms with Crippen LogP contribution in [0.1, 0.15) is 5.56 Å². The Morgan fingerprint density at radius 2 is 2.33 bits per heavy atom. The highest BCUT2D eigenvalue weighted by Crippen LogP contribution is 2.24. The summed E-state index contributed by atoms with van der Waals surface area (Å²) >= 11 is 4.72. The van der Waals surface area contributed by atoms with E-state index in [1.807, 2.05) is 18.2 Å². The van der Waals surface area contributed by atoms with Crippen LogP contribution in [0.5, 0.6) is 5.75 Å². The molecule has 3 rings (SSSR count). The number of nitrogens with zero attached hydrogens (tertiary/aromatic N) is 3. The fourth-order valence-electron chi connectivity index (χ4n) is 1.83. The second-order valence-electron chi connectivity index (χ2n) is 4.15. The summed E-state index contributed by atoms with van der Waals surface area (Å²) in [7, 11) is 0. The molecular formula is C14H10BrN3O2S. The molecule has 1 aromatic carbocycles. The average molecular weight is 364 g/mol. The van der Waals surface area contributed by atoms with Gasteiger partial charge in [-0.15, -0.1) is 0 Å². The molecule has 7 heteroatoms. The number of hydrogen-bond donors (Lipinski definition) is 0. The van der Waals surface area contributed by atoms with E-state index < -0.39 is 0 Å². The summed E-state index contributed by atoms with van der Waals surface area (Å²) in [6.45, 7) is 4.04. The molecule has 0 spiro atoms. The maximum absolute atomic E-state index is 12.2. The summed E-state index contributed by atoms with van der Waals surface area (Å²) in [5, 5.41) is 3.90. The molecule has 21 heavy (non-hydrogen) atoms. The zero-order valence-corrected chi connectivity index (χ0v) is 13.2. The number of thiazole rings is 1. The standard InChI is InChI=1S/C14H10BrN3O2S/c1-2-5-20-11-4-3-10(15)6-9(11)7-12-13(19)18-14(21-12)16-8-17-18/h2-4,6-8H,1,5H2/b12-7-. The second kappa shape index (κ2) is 5.79. The van der Waals surface area contributed by atoms with Crippen molar-refractivity contribution < 1.29 is 4.74 Å². The minimum Gasteiger partial charge on any atom is -0.489 e. The maximum atomic E-state index is 12.2. The van der Waals surface area contributed by atoms with Gasteiger partial charge in [0.1, 0.15) is 18.7 Å². The molecule has 106 valence electrons. The van der Waals surface area contributed by atoms with Crippen LogP contribution < -0.4 is 14.8 Å². The molecule has 0 fully saturated rings. The zero-order valence-electron chi connectivity index (χ0n) is 10.8. The van der Waals surface area contributed by atoms with Crippen LogP contribution in [0.15, 0.2) is 46.4 Å². The van der Waals surface area contributed by atoms with Crippen LogP contribution in [-0.4, -0.2) is 21.2 Å². The van der Waals surface area contributed by atoms with Crippen LogP contribution in [0.3, 0.4) is 0 Å². The van der Waals surface area contributed by atoms with Crippen molar-refractivity contribution in [1.29, 1.82) is 0 Å². The number of rotatable bonds is 4. The Morgan fingerprint density at radius 1 is 1.48 bits per heavy atom. The van der Waals surface area contributed by atoms with Gasteiger partial charge >= 0.3 is 0 Å². The predicted molar refractivity (Wildman–Crippen MR) is 85.8 cm³/mol. The minimum absolute atomic E-state index is 0.179. The molecule has 0 saturated heterocycles. The van der Waals surface area contributed by atoms with Crippen LogP contribution in [0.4, 0.5) is 0 Å². The first-order valence-electron chi connectivity index (χ1n) is 6.06. The van der Waals surface area contributed by atoms with Crippen LogP contribution >= 0.6 is 27.3 Å². The summed E-state index contributed by atoms with van der Waals surface area (Å²) < 4.78 is 8.36. The van der Waals surface area contributed by atoms with E-state index in [1.165, 1.54) is 22.2 Å². The van der Waals surface area contributed by atoms with Gasteiger partial charge < -0.3 is 4.74 Å². The molecule has 0 amide bonds. The molecule has 0 N–H and O–H groups in total. The second-order valence-corrected chi connectivity index (χ2v) is 6.08. The highest BCUT2D eigenvalue weighted by molar-refractivity contribution is 9.10. The predicted octanol–water partition coefficient (Wildman–Crippen LogP) is 2.03. The number of hydrogen-bond acceptors (Lipinski definition) is 5. The van der Waals surface area contributed by atoms with Crippen LogP contribution in [0.2, 0.25) is 0 Å². The molecule has 2 aromatic heterocycles. The van der Waals surface area contributed by atoms with Crippen molar-refractivity contribution in [3.05, 3.63) is 62.1 Å². The molecule has 0 radical (unpaired) electrons. The van der Waals surface area contributed by atoms with E-state index in [9.17, 15) is 4.79 Å². The minimum atomic E-state index is -0.179. The molecule has 0 unspecified atom stereocenters. The van der Waals surface area contributed by atoms with Gasteiger partial charge in [0, 0.05) is 10.0 Å². The Bertz CT molecular complexity index is 916. The normalized spacial score (nSPS) is 12.0. The Kier molecular flexibility index (Phi) is 3.85. The molecule has 5 nitrogen and oxygen atoms in total. The maximum Gasteiger partial charge on any atom is 0.291 e. The van der Waals surface area contributed by atoms with Crippen molar-refractivity contribution in [3.63, 3.8) is 0 Å². The Labute approximate surface area is 132 Å². The summed E-state index contributed by atoms with van der Waals surface area (Å²) in [6, 6.07) is 5.63. The van der Waals surface area contributed by atoms with Crippen molar-refractivity contribution in [2.45, 2.75) is 0 Å². The van der Waals surface area contributed by atoms with E-state index in [0.29, 0.717) is 21.8 Å². The number of halogens is 1. The van der Waals surface area contributed by atoms with E-state index in [4.69, 9.17) is 4.74 Å². The van der Waals surface area contributed by atoms with Crippen LogP contribution in [-0.2, 0) is 0 Å². The van der Waals surface area contributed by atoms with Gasteiger partial charge in [-0.25, -0.2) is 4.98 Å². The molecule has 0 atom stereocenters. The van der Waals surface area contributed by atoms with Crippen molar-refractivity contribution in [2.75, 3.05) is 6.61 Å². The van der Waals surface area contributed by atoms with E-state index >= 15 is 0 Å². The van der Waals surface area contributed by atoms with Gasteiger partial charge in [0.25, 0.3) is 5.56 Å². The van der Waals surface area contributed by atoms with Crippen molar-refractivity contribution in [3.8, 4) is 5.75 Å². The Balaban J connectivity index is 2.15. The van der Waals surface area contributed by atoms with E-state index in [0.717, 1.165) is 10.0 Å². The molecular weight excluding hydrogens is 354 g/mol. The van der Waals surface area contributed by atoms with Crippen LogP contribution in [0.25, 0.3) is 11.0 Å². The molecule has 0 aliphatic heterocycles. The quantitative estimate of drug-likeness (QED) is 0.665. The first kappa shape index (κ1) is 14.0. The number of aromatic nitrogens is 3. The van der Waals surface area contributed by atoms with Gasteiger partial charge in [-0.1, -0.05) is 39.9 Å². The van der Waals surface area contributed by atoms with E-state index in [-0.39, 0.29) is 5.56 Å². The summed E-state index contributed by atoms with van der Waals surface area (Å²) in [4.78, 5) is 16.8. The fraction of sp³-hybridized carbons (Fsp3) is 0.0714. The lowest BCUT2D eigenvalue weighted by atomic mass is 10.2. The van der Waals surface area contributed by atoms with Gasteiger partial charge in [-0.2, -0.15) is 9.61 Å². The largest absolute Gasteiger partial charge is 0.489 e. The van der Waals surface area contributed by atoms with Crippen molar-refractivity contribution >= 4 is 38.3 Å². The third-order valence-corrected chi connectivity index (χ3v) is 4.20. The summed E-state index contributed by atoms with van der Waals surface area (Å²) in [5.41, 5.74) is 0.634. The van der Waals surface area contributed by atoms with Gasteiger partial charge in [0.2, 0.25) is 4.96 Å². The van der Waals surface area contributed by atoms with E-state index in [1.54, 1.807) is 12.2 Å². The molecule has 0 saturated carbocycles. The lowest BCUT2D eigenvalue weighted by molar-refractivity contribution is 0.362. The lowest BCUT2D eigenvalue weighted by Gasteiger charge is -2.07. The lowest BCUT2D eigenvalue weighted by Crippen LogP contribution is -2.23. The average Bonchev–Trinajstić information content (AvgIpc) is 3.03. The molecule has 0 aliphatic carbocycles. The Morgan fingerprint density at radius 3 is 3.10 bits per heavy atom. The summed E-state index contributed by atoms with van der Waals surface area (Å²) in [5.74, 6) is 0.691. The van der Waals surface area contributed by atoms with Crippen LogP contribution in [0, 0.1) is 0 Å². The first-order valence-corrected chi connectivity index (χ1v) is 7.67. The molecule has 0 bridgehead atoms. The molecule has 0 aliphatic rings. The molecule has 3 aromatic rings. The number of benzene rings is 1. The van der Waals surface area contributed by atoms with Gasteiger partial charge in [-0.3, -0.25) is 4.79 Å². The fourth-order valence-corrected chi connectivity index (χ4v) is 3.08. The van der Waals surface area contributed by atoms with Gasteiger partial charge in [0.15, 0.2) is 0 Å². The SMILES string of the molecule is C=CCOc1ccc(Br)cc1/C=c1\sc2ncnn2c1=O. The highest BCUT2D eigenvalue weighted by atomic mass is 79.9. The smallest absolute Gasteiger partial charge is 0.291 e. The monoisotopic (exact) mass is 363 g/mol. The van der Waals surface area contributed by atoms with E-state index in [2.05, 4.69) is 32.6 Å². The van der Waals surface area contributed by atoms with Gasteiger partial charge in [-0.05, 0) is 24.3 Å². The summed E-state index contributed by atoms with van der Waals surface area (Å²) in [6.07, 6.45) is 4.83. The van der Waals surface area contributed by atoms with Crippen molar-refractivity contribution in [1.82, 2.24) is 14.6 Å². The number of fused-ring (bicyclic) bond motifs is 1. The molecule has 2 heterocycles. The third-order valence-electron chi connectivity index (χ3n) is 2.74. The topological polar surface area (TPSA) is 56.5 Å².